The smallest absolute Gasteiger partial charge is 0.292 e. The Balaban J connectivity index is 2.23. The Morgan fingerprint density at radius 1 is 1.38 bits per heavy atom. The molecule has 0 bridgehead atoms. The molecular weight excluding hydrogens is 212 g/mol. The molecule has 0 aliphatic carbocycles. The molecule has 1 aliphatic heterocycles. The van der Waals surface area contributed by atoms with E-state index in [0.29, 0.717) is 5.69 Å². The Labute approximate surface area is 92.5 Å². The minimum Gasteiger partial charge on any atom is -0.394 e. The molecule has 2 rings (SSSR count). The Hall–Kier alpha value is -1.21. The molecule has 1 aromatic heterocycles. The number of hydrogen-bond donors (Lipinski definition) is 4. The molecule has 0 spiro atoms. The van der Waals surface area contributed by atoms with Crippen LogP contribution in [-0.2, 0) is 4.74 Å². The first-order valence-corrected chi connectivity index (χ1v) is 5.02. The zero-order valence-electron chi connectivity index (χ0n) is 8.60. The third kappa shape index (κ3) is 1.88. The summed E-state index contributed by atoms with van der Waals surface area (Å²) >= 11 is 0. The SMILES string of the molecule is Nc1ccc[n+]([C@@H]2O[C@H](CO)[C@@H](O)[C@H]2O)c1. The van der Waals surface area contributed by atoms with Gasteiger partial charge in [0.1, 0.15) is 12.2 Å². The molecule has 2 heterocycles. The van der Waals surface area contributed by atoms with E-state index in [1.54, 1.807) is 29.1 Å². The molecule has 16 heavy (non-hydrogen) atoms. The summed E-state index contributed by atoms with van der Waals surface area (Å²) in [6.07, 6.45) is -0.394. The lowest BCUT2D eigenvalue weighted by atomic mass is 10.1. The van der Waals surface area contributed by atoms with Crippen molar-refractivity contribution in [3.8, 4) is 0 Å². The number of aromatic nitrogens is 1. The summed E-state index contributed by atoms with van der Waals surface area (Å²) in [5.74, 6) is 0. The summed E-state index contributed by atoms with van der Waals surface area (Å²) in [5, 5.41) is 28.3. The molecule has 0 aromatic carbocycles. The third-order valence-corrected chi connectivity index (χ3v) is 2.66. The van der Waals surface area contributed by atoms with E-state index in [9.17, 15) is 10.2 Å². The largest absolute Gasteiger partial charge is 0.394 e. The molecule has 6 nitrogen and oxygen atoms in total. The van der Waals surface area contributed by atoms with Crippen molar-refractivity contribution in [3.05, 3.63) is 24.5 Å². The summed E-state index contributed by atoms with van der Waals surface area (Å²) < 4.78 is 6.90. The fourth-order valence-corrected chi connectivity index (χ4v) is 1.80. The van der Waals surface area contributed by atoms with Gasteiger partial charge in [0.15, 0.2) is 18.5 Å². The zero-order chi connectivity index (χ0) is 11.7. The lowest BCUT2D eigenvalue weighted by Crippen LogP contribution is -2.45. The highest BCUT2D eigenvalue weighted by Gasteiger charge is 2.47. The van der Waals surface area contributed by atoms with Crippen LogP contribution in [0.15, 0.2) is 24.5 Å². The topological polar surface area (TPSA) is 99.8 Å². The van der Waals surface area contributed by atoms with Gasteiger partial charge in [0.05, 0.1) is 12.3 Å². The van der Waals surface area contributed by atoms with Gasteiger partial charge < -0.3 is 25.8 Å². The second-order valence-electron chi connectivity index (χ2n) is 3.81. The van der Waals surface area contributed by atoms with Crippen molar-refractivity contribution < 1.29 is 24.6 Å². The first-order chi connectivity index (χ1) is 7.63. The maximum Gasteiger partial charge on any atom is 0.292 e. The number of nitrogens with two attached hydrogens (primary N) is 1. The second-order valence-corrected chi connectivity index (χ2v) is 3.81. The number of hydrogen-bond acceptors (Lipinski definition) is 5. The van der Waals surface area contributed by atoms with Gasteiger partial charge in [-0.15, -0.1) is 0 Å². The number of aliphatic hydroxyl groups is 3. The minimum absolute atomic E-state index is 0.336. The van der Waals surface area contributed by atoms with E-state index < -0.39 is 24.5 Å². The summed E-state index contributed by atoms with van der Waals surface area (Å²) in [6.45, 7) is -0.336. The number of rotatable bonds is 2. The highest BCUT2D eigenvalue weighted by atomic mass is 16.6. The molecule has 1 aromatic rings. The molecule has 88 valence electrons. The van der Waals surface area contributed by atoms with Crippen molar-refractivity contribution in [3.63, 3.8) is 0 Å². The van der Waals surface area contributed by atoms with Crippen LogP contribution in [0, 0.1) is 0 Å². The highest BCUT2D eigenvalue weighted by molar-refractivity contribution is 5.30. The van der Waals surface area contributed by atoms with Crippen LogP contribution < -0.4 is 10.3 Å². The fourth-order valence-electron chi connectivity index (χ4n) is 1.80. The lowest BCUT2D eigenvalue weighted by molar-refractivity contribution is -0.765. The number of nitrogen functional groups attached to an aromatic ring is 1. The maximum atomic E-state index is 9.76. The third-order valence-electron chi connectivity index (χ3n) is 2.66. The monoisotopic (exact) mass is 227 g/mol. The van der Waals surface area contributed by atoms with E-state index in [0.717, 1.165) is 0 Å². The molecule has 1 fully saturated rings. The van der Waals surface area contributed by atoms with Gasteiger partial charge in [0.25, 0.3) is 6.23 Å². The Bertz CT molecular complexity index is 374. The molecule has 0 saturated carbocycles. The minimum atomic E-state index is -1.09. The second kappa shape index (κ2) is 4.34. The van der Waals surface area contributed by atoms with Crippen LogP contribution in [0.2, 0.25) is 0 Å². The summed E-state index contributed by atoms with van der Waals surface area (Å²) in [6, 6.07) is 3.42. The van der Waals surface area contributed by atoms with Crippen molar-refractivity contribution in [2.75, 3.05) is 12.3 Å². The Morgan fingerprint density at radius 3 is 2.69 bits per heavy atom. The van der Waals surface area contributed by atoms with E-state index in [2.05, 4.69) is 0 Å². The zero-order valence-corrected chi connectivity index (χ0v) is 8.60. The number of nitrogens with zero attached hydrogens (tertiary/aromatic N) is 1. The van der Waals surface area contributed by atoms with Gasteiger partial charge in [-0.25, -0.2) is 0 Å². The van der Waals surface area contributed by atoms with Crippen molar-refractivity contribution >= 4 is 5.69 Å². The van der Waals surface area contributed by atoms with Gasteiger partial charge in [0.2, 0.25) is 0 Å². The maximum absolute atomic E-state index is 9.76. The van der Waals surface area contributed by atoms with Crippen molar-refractivity contribution in [2.24, 2.45) is 0 Å². The van der Waals surface area contributed by atoms with Crippen LogP contribution in [-0.4, -0.2) is 40.2 Å². The van der Waals surface area contributed by atoms with Crippen molar-refractivity contribution in [1.82, 2.24) is 0 Å². The predicted octanol–water partition coefficient (Wildman–Crippen LogP) is -1.83. The molecule has 5 N–H and O–H groups in total. The Kier molecular flexibility index (Phi) is 3.06. The molecule has 0 amide bonds. The van der Waals surface area contributed by atoms with Gasteiger partial charge in [-0.3, -0.25) is 0 Å². The van der Waals surface area contributed by atoms with E-state index in [1.807, 2.05) is 0 Å². The van der Waals surface area contributed by atoms with Gasteiger partial charge >= 0.3 is 0 Å². The standard InChI is InChI=1S/C10H15N2O4/c11-6-2-1-3-12(4-6)10-9(15)8(14)7(5-13)16-10/h1-4,7-10,13-15H,5,11H2/q+1/t7-,8-,9-,10-/m1/s1. The lowest BCUT2D eigenvalue weighted by Gasteiger charge is -2.09. The number of anilines is 1. The summed E-state index contributed by atoms with van der Waals surface area (Å²) in [5.41, 5.74) is 6.13. The fraction of sp³-hybridized carbons (Fsp3) is 0.500. The van der Waals surface area contributed by atoms with Crippen LogP contribution in [0.1, 0.15) is 6.23 Å². The van der Waals surface area contributed by atoms with Crippen LogP contribution in [0.4, 0.5) is 5.69 Å². The van der Waals surface area contributed by atoms with Crippen molar-refractivity contribution in [2.45, 2.75) is 24.5 Å². The average molecular weight is 227 g/mol. The first-order valence-electron chi connectivity index (χ1n) is 5.02. The normalized spacial score (nSPS) is 34.2. The molecule has 1 aliphatic rings. The van der Waals surface area contributed by atoms with E-state index >= 15 is 0 Å². The molecule has 0 unspecified atom stereocenters. The van der Waals surface area contributed by atoms with Crippen LogP contribution >= 0.6 is 0 Å². The molecule has 0 radical (unpaired) electrons. The van der Waals surface area contributed by atoms with Crippen molar-refractivity contribution in [1.29, 1.82) is 0 Å². The van der Waals surface area contributed by atoms with Gasteiger partial charge in [-0.05, 0) is 6.07 Å². The summed E-state index contributed by atoms with van der Waals surface area (Å²) in [4.78, 5) is 0. The van der Waals surface area contributed by atoms with Crippen LogP contribution in [0.25, 0.3) is 0 Å². The van der Waals surface area contributed by atoms with Crippen LogP contribution in [0.3, 0.4) is 0 Å². The summed E-state index contributed by atoms with van der Waals surface area (Å²) in [7, 11) is 0. The van der Waals surface area contributed by atoms with Gasteiger partial charge in [-0.2, -0.15) is 4.57 Å². The molecule has 1 saturated heterocycles. The van der Waals surface area contributed by atoms with E-state index in [-0.39, 0.29) is 6.61 Å². The van der Waals surface area contributed by atoms with Gasteiger partial charge in [-0.1, -0.05) is 0 Å². The quantitative estimate of drug-likeness (QED) is 0.445. The van der Waals surface area contributed by atoms with Gasteiger partial charge in [0, 0.05) is 6.07 Å². The Morgan fingerprint density at radius 2 is 2.12 bits per heavy atom. The average Bonchev–Trinajstić information content (AvgIpc) is 2.56. The highest BCUT2D eigenvalue weighted by Crippen LogP contribution is 2.25. The number of ether oxygens (including phenoxy) is 1. The predicted molar refractivity (Wildman–Crippen MR) is 54.1 cm³/mol. The first kappa shape index (κ1) is 11.3. The number of aliphatic hydroxyl groups excluding tert-OH is 3. The van der Waals surface area contributed by atoms with E-state index in [4.69, 9.17) is 15.6 Å². The van der Waals surface area contributed by atoms with E-state index in [1.165, 1.54) is 0 Å². The molecule has 4 atom stereocenters. The molecular formula is C10H15N2O4+. The number of pyridine rings is 1. The molecule has 6 heteroatoms. The van der Waals surface area contributed by atoms with Crippen LogP contribution in [0.5, 0.6) is 0 Å².